The molecule has 0 radical (unpaired) electrons. The molecule has 9 heteroatoms. The number of anilines is 2. The van der Waals surface area contributed by atoms with Crippen LogP contribution in [0, 0.1) is 0 Å². The highest BCUT2D eigenvalue weighted by Gasteiger charge is 2.23. The number of sulfonamides is 2. The first-order valence-corrected chi connectivity index (χ1v) is 10.8. The second-order valence-electron chi connectivity index (χ2n) is 5.84. The van der Waals surface area contributed by atoms with E-state index in [9.17, 15) is 16.8 Å². The van der Waals surface area contributed by atoms with Gasteiger partial charge in [0.1, 0.15) is 4.90 Å². The minimum atomic E-state index is -3.82. The summed E-state index contributed by atoms with van der Waals surface area (Å²) in [6.07, 6.45) is 2.08. The van der Waals surface area contributed by atoms with Crippen molar-refractivity contribution in [3.05, 3.63) is 48.5 Å². The molecule has 3 N–H and O–H groups in total. The van der Waals surface area contributed by atoms with E-state index in [2.05, 4.69) is 9.62 Å². The Morgan fingerprint density at radius 2 is 1.48 bits per heavy atom. The Kier molecular flexibility index (Phi) is 4.72. The summed E-state index contributed by atoms with van der Waals surface area (Å²) in [6, 6.07) is 12.1. The zero-order chi connectivity index (χ0) is 18.1. The van der Waals surface area contributed by atoms with Crippen LogP contribution in [0.5, 0.6) is 0 Å². The molecule has 0 atom stereocenters. The molecular weight excluding hydrogens is 362 g/mol. The molecule has 2 aromatic carbocycles. The van der Waals surface area contributed by atoms with Crippen molar-refractivity contribution in [3.63, 3.8) is 0 Å². The molecule has 1 saturated heterocycles. The zero-order valence-corrected chi connectivity index (χ0v) is 15.1. The molecule has 1 aliphatic rings. The number of nitrogens with one attached hydrogen (secondary N) is 1. The molecule has 134 valence electrons. The first-order chi connectivity index (χ1) is 11.8. The van der Waals surface area contributed by atoms with Crippen LogP contribution >= 0.6 is 0 Å². The maximum absolute atomic E-state index is 12.8. The van der Waals surface area contributed by atoms with E-state index in [4.69, 9.17) is 5.14 Å². The van der Waals surface area contributed by atoms with E-state index < -0.39 is 20.0 Å². The number of hydrogen-bond donors (Lipinski definition) is 2. The number of nitrogens with two attached hydrogens (primary N) is 1. The third kappa shape index (κ3) is 3.94. The lowest BCUT2D eigenvalue weighted by atomic mass is 10.3. The van der Waals surface area contributed by atoms with Crippen LogP contribution in [0.25, 0.3) is 0 Å². The monoisotopic (exact) mass is 381 g/mol. The van der Waals surface area contributed by atoms with E-state index in [1.54, 1.807) is 18.2 Å². The molecular formula is C16H19N3O4S2. The average molecular weight is 381 g/mol. The van der Waals surface area contributed by atoms with E-state index >= 15 is 0 Å². The minimum Gasteiger partial charge on any atom is -0.370 e. The number of rotatable bonds is 5. The van der Waals surface area contributed by atoms with Crippen molar-refractivity contribution in [2.45, 2.75) is 22.6 Å². The van der Waals surface area contributed by atoms with Crippen LogP contribution in [-0.4, -0.2) is 29.9 Å². The summed E-state index contributed by atoms with van der Waals surface area (Å²) < 4.78 is 50.6. The molecule has 0 spiro atoms. The van der Waals surface area contributed by atoms with E-state index in [0.717, 1.165) is 25.9 Å². The van der Waals surface area contributed by atoms with Gasteiger partial charge in [0, 0.05) is 18.8 Å². The minimum absolute atomic E-state index is 0.0760. The van der Waals surface area contributed by atoms with Gasteiger partial charge in [0.05, 0.1) is 10.6 Å². The largest absolute Gasteiger partial charge is 0.370 e. The van der Waals surface area contributed by atoms with Crippen molar-refractivity contribution in [2.75, 3.05) is 22.7 Å². The molecule has 3 rings (SSSR count). The number of primary sulfonamides is 1. The fourth-order valence-electron chi connectivity index (χ4n) is 2.83. The lowest BCUT2D eigenvalue weighted by Crippen LogP contribution is -2.22. The Morgan fingerprint density at radius 1 is 0.880 bits per heavy atom. The molecule has 0 bridgehead atoms. The van der Waals surface area contributed by atoms with Crippen molar-refractivity contribution in [2.24, 2.45) is 5.14 Å². The summed E-state index contributed by atoms with van der Waals surface area (Å²) in [5, 5.41) is 5.04. The second kappa shape index (κ2) is 6.66. The van der Waals surface area contributed by atoms with E-state index in [1.807, 2.05) is 6.07 Å². The number of para-hydroxylation sites is 1. The number of hydrogen-bond acceptors (Lipinski definition) is 5. The van der Waals surface area contributed by atoms with Gasteiger partial charge in [0.15, 0.2) is 0 Å². The summed E-state index contributed by atoms with van der Waals surface area (Å²) >= 11 is 0. The smallest absolute Gasteiger partial charge is 0.263 e. The zero-order valence-electron chi connectivity index (χ0n) is 13.4. The molecule has 0 amide bonds. The van der Waals surface area contributed by atoms with Gasteiger partial charge in [0.2, 0.25) is 10.0 Å². The molecule has 0 saturated carbocycles. The predicted octanol–water partition coefficient (Wildman–Crippen LogP) is 1.74. The van der Waals surface area contributed by atoms with E-state index in [0.29, 0.717) is 5.69 Å². The predicted molar refractivity (Wildman–Crippen MR) is 96.5 cm³/mol. The number of benzene rings is 2. The Balaban J connectivity index is 1.90. The Labute approximate surface area is 147 Å². The third-order valence-corrected chi connectivity index (χ3v) is 6.39. The fourth-order valence-corrected chi connectivity index (χ4v) is 4.63. The van der Waals surface area contributed by atoms with Crippen molar-refractivity contribution >= 4 is 31.4 Å². The second-order valence-corrected chi connectivity index (χ2v) is 9.05. The van der Waals surface area contributed by atoms with Crippen LogP contribution in [-0.2, 0) is 20.0 Å². The number of nitrogens with zero attached hydrogens (tertiary/aromatic N) is 1. The van der Waals surface area contributed by atoms with E-state index in [1.165, 1.54) is 24.3 Å². The summed E-state index contributed by atoms with van der Waals surface area (Å²) in [5.41, 5.74) is 0.942. The maximum atomic E-state index is 12.8. The van der Waals surface area contributed by atoms with Gasteiger partial charge in [-0.15, -0.1) is 0 Å². The highest BCUT2D eigenvalue weighted by Crippen LogP contribution is 2.29. The fraction of sp³-hybridized carbons (Fsp3) is 0.250. The Morgan fingerprint density at radius 3 is 2.08 bits per heavy atom. The van der Waals surface area contributed by atoms with Crippen LogP contribution in [0.1, 0.15) is 12.8 Å². The summed E-state index contributed by atoms with van der Waals surface area (Å²) in [5.74, 6) is 0. The molecule has 7 nitrogen and oxygen atoms in total. The first-order valence-electron chi connectivity index (χ1n) is 7.77. The lowest BCUT2D eigenvalue weighted by molar-refractivity contribution is 0.597. The molecule has 0 aliphatic carbocycles. The van der Waals surface area contributed by atoms with Crippen LogP contribution in [0.15, 0.2) is 58.3 Å². The van der Waals surface area contributed by atoms with Crippen LogP contribution < -0.4 is 14.8 Å². The summed E-state index contributed by atoms with van der Waals surface area (Å²) in [6.45, 7) is 1.66. The van der Waals surface area contributed by atoms with Gasteiger partial charge < -0.3 is 4.90 Å². The summed E-state index contributed by atoms with van der Waals surface area (Å²) in [7, 11) is -7.62. The molecule has 1 fully saturated rings. The normalized spacial score (nSPS) is 15.3. The molecule has 25 heavy (non-hydrogen) atoms. The SMILES string of the molecule is NS(=O)(=O)c1ccc(NS(=O)(=O)c2ccccc2N2CCCC2)cc1. The quantitative estimate of drug-likeness (QED) is 0.820. The van der Waals surface area contributed by atoms with Gasteiger partial charge in [-0.25, -0.2) is 22.0 Å². The van der Waals surface area contributed by atoms with Gasteiger partial charge in [-0.1, -0.05) is 12.1 Å². The highest BCUT2D eigenvalue weighted by molar-refractivity contribution is 7.93. The maximum Gasteiger partial charge on any atom is 0.263 e. The van der Waals surface area contributed by atoms with Gasteiger partial charge in [-0.05, 0) is 49.2 Å². The third-order valence-electron chi connectivity index (χ3n) is 4.04. The standard InChI is InChI=1S/C16H19N3O4S2/c17-24(20,21)14-9-7-13(8-10-14)18-25(22,23)16-6-2-1-5-15(16)19-11-3-4-12-19/h1-2,5-10,18H,3-4,11-12H2,(H2,17,20,21). The van der Waals surface area contributed by atoms with Gasteiger partial charge in [0.25, 0.3) is 10.0 Å². The lowest BCUT2D eigenvalue weighted by Gasteiger charge is -2.21. The first kappa shape index (κ1) is 17.7. The van der Waals surface area contributed by atoms with Gasteiger partial charge in [-0.3, -0.25) is 4.72 Å². The summed E-state index contributed by atoms with van der Waals surface area (Å²) in [4.78, 5) is 2.18. The van der Waals surface area contributed by atoms with Crippen LogP contribution in [0.3, 0.4) is 0 Å². The molecule has 0 aromatic heterocycles. The van der Waals surface area contributed by atoms with Gasteiger partial charge >= 0.3 is 0 Å². The molecule has 0 unspecified atom stereocenters. The van der Waals surface area contributed by atoms with E-state index in [-0.39, 0.29) is 15.5 Å². The molecule has 2 aromatic rings. The van der Waals surface area contributed by atoms with Crippen LogP contribution in [0.4, 0.5) is 11.4 Å². The van der Waals surface area contributed by atoms with Crippen molar-refractivity contribution in [1.29, 1.82) is 0 Å². The van der Waals surface area contributed by atoms with Crippen molar-refractivity contribution in [1.82, 2.24) is 0 Å². The van der Waals surface area contributed by atoms with Crippen LogP contribution in [0.2, 0.25) is 0 Å². The van der Waals surface area contributed by atoms with Gasteiger partial charge in [-0.2, -0.15) is 0 Å². The Hall–Kier alpha value is -2.10. The van der Waals surface area contributed by atoms with Crippen molar-refractivity contribution < 1.29 is 16.8 Å². The molecule has 1 heterocycles. The Bertz CT molecular complexity index is 965. The highest BCUT2D eigenvalue weighted by atomic mass is 32.2. The van der Waals surface area contributed by atoms with Crippen molar-refractivity contribution in [3.8, 4) is 0 Å². The average Bonchev–Trinajstić information content (AvgIpc) is 3.08. The topological polar surface area (TPSA) is 110 Å². The molecule has 1 aliphatic heterocycles.